The highest BCUT2D eigenvalue weighted by Crippen LogP contribution is 2.56. The van der Waals surface area contributed by atoms with E-state index >= 15 is 0 Å². The smallest absolute Gasteiger partial charge is 0.249 e. The lowest BCUT2D eigenvalue weighted by atomic mass is 9.95. The van der Waals surface area contributed by atoms with E-state index in [1.165, 1.54) is 0 Å². The molecule has 0 aliphatic carbocycles. The van der Waals surface area contributed by atoms with Gasteiger partial charge in [0.1, 0.15) is 23.5 Å². The fraction of sp³-hybridized carbons (Fsp3) is 0.471. The number of β-lactam (4-membered cyclic amide) rings is 1. The van der Waals surface area contributed by atoms with Crippen molar-refractivity contribution in [2.75, 3.05) is 7.05 Å². The van der Waals surface area contributed by atoms with E-state index < -0.39 is 12.1 Å². The summed E-state index contributed by atoms with van der Waals surface area (Å²) in [7, 11) is 1.73. The molecule has 0 radical (unpaired) electrons. The number of rotatable bonds is 5. The van der Waals surface area contributed by atoms with Gasteiger partial charge in [0.15, 0.2) is 5.82 Å². The monoisotopic (exact) mass is 387 g/mol. The van der Waals surface area contributed by atoms with Crippen LogP contribution in [-0.4, -0.2) is 60.5 Å². The van der Waals surface area contributed by atoms with E-state index in [2.05, 4.69) is 45.1 Å². The molecule has 142 valence electrons. The summed E-state index contributed by atoms with van der Waals surface area (Å²) < 4.78 is -0.275. The van der Waals surface area contributed by atoms with Crippen molar-refractivity contribution in [3.05, 3.63) is 41.7 Å². The molecule has 9 nitrogen and oxygen atoms in total. The molecule has 2 amide bonds. The molecule has 2 aliphatic heterocycles. The fourth-order valence-corrected chi connectivity index (χ4v) is 5.44. The maximum atomic E-state index is 12.8. The van der Waals surface area contributed by atoms with Gasteiger partial charge in [-0.1, -0.05) is 30.3 Å². The summed E-state index contributed by atoms with van der Waals surface area (Å²) in [6.07, 6.45) is 0. The zero-order chi connectivity index (χ0) is 19.2. The topological polar surface area (TPSA) is 116 Å². The Labute approximate surface area is 160 Å². The molecule has 1 aromatic heterocycles. The number of aromatic amines is 1. The van der Waals surface area contributed by atoms with Crippen LogP contribution in [0.1, 0.15) is 37.3 Å². The van der Waals surface area contributed by atoms with Gasteiger partial charge in [0.05, 0.1) is 0 Å². The van der Waals surface area contributed by atoms with Crippen LogP contribution in [0.5, 0.6) is 0 Å². The zero-order valence-electron chi connectivity index (χ0n) is 15.2. The number of nitrogens with zero attached hydrogens (tertiary/aromatic N) is 4. The van der Waals surface area contributed by atoms with Gasteiger partial charge in [-0.15, -0.1) is 16.9 Å². The highest BCUT2D eigenvalue weighted by Gasteiger charge is 2.63. The molecule has 2 fully saturated rings. The van der Waals surface area contributed by atoms with Crippen LogP contribution in [0.4, 0.5) is 0 Å². The molecule has 0 bridgehead atoms. The summed E-state index contributed by atoms with van der Waals surface area (Å²) in [5.41, 5.74) is 0.853. The Hall–Kier alpha value is -2.46. The van der Waals surface area contributed by atoms with Crippen LogP contribution in [0, 0.1) is 0 Å². The number of amides is 2. The molecule has 0 saturated carbocycles. The largest absolute Gasteiger partial charge is 0.340 e. The van der Waals surface area contributed by atoms with Gasteiger partial charge >= 0.3 is 0 Å². The number of fused-ring (bicyclic) bond motifs is 1. The van der Waals surface area contributed by atoms with Crippen molar-refractivity contribution in [3.63, 3.8) is 0 Å². The maximum Gasteiger partial charge on any atom is 0.249 e. The first-order valence-corrected chi connectivity index (χ1v) is 9.58. The van der Waals surface area contributed by atoms with Crippen molar-refractivity contribution in [2.24, 2.45) is 0 Å². The quantitative estimate of drug-likeness (QED) is 0.635. The first-order valence-electron chi connectivity index (χ1n) is 8.70. The van der Waals surface area contributed by atoms with Crippen molar-refractivity contribution in [2.45, 2.75) is 42.1 Å². The van der Waals surface area contributed by atoms with E-state index in [-0.39, 0.29) is 28.0 Å². The number of nitrogens with one attached hydrogen (secondary N) is 3. The Morgan fingerprint density at radius 1 is 1.33 bits per heavy atom. The minimum atomic E-state index is -0.554. The van der Waals surface area contributed by atoms with Gasteiger partial charge in [0.25, 0.3) is 0 Å². The van der Waals surface area contributed by atoms with Crippen molar-refractivity contribution in [1.82, 2.24) is 36.2 Å². The first kappa shape index (κ1) is 17.9. The molecule has 4 atom stereocenters. The van der Waals surface area contributed by atoms with Crippen LogP contribution in [0.15, 0.2) is 30.3 Å². The van der Waals surface area contributed by atoms with Gasteiger partial charge in [-0.2, -0.15) is 0 Å². The van der Waals surface area contributed by atoms with E-state index in [0.717, 1.165) is 5.56 Å². The summed E-state index contributed by atoms with van der Waals surface area (Å²) in [6.45, 7) is 4.10. The SMILES string of the molecule is CNC(C(=O)NC1C(=O)N2C(c3nnn[nH]3)C(C)(C)S[C@@H]12)c1ccccc1. The predicted octanol–water partition coefficient (Wildman–Crippen LogP) is 0.380. The van der Waals surface area contributed by atoms with Crippen molar-refractivity contribution >= 4 is 23.6 Å². The van der Waals surface area contributed by atoms with Gasteiger partial charge in [-0.3, -0.25) is 9.59 Å². The van der Waals surface area contributed by atoms with Crippen molar-refractivity contribution < 1.29 is 9.59 Å². The lowest BCUT2D eigenvalue weighted by Gasteiger charge is -2.44. The second-order valence-corrected chi connectivity index (χ2v) is 8.94. The number of thioether (sulfide) groups is 1. The Bertz CT molecular complexity index is 842. The van der Waals surface area contributed by atoms with Crippen LogP contribution < -0.4 is 10.6 Å². The summed E-state index contributed by atoms with van der Waals surface area (Å²) in [5.74, 6) is 0.228. The molecule has 10 heteroatoms. The summed E-state index contributed by atoms with van der Waals surface area (Å²) in [6, 6.07) is 8.12. The number of hydrogen-bond acceptors (Lipinski definition) is 7. The number of likely N-dealkylation sites (N-methyl/N-ethyl adjacent to an activating group) is 1. The number of benzene rings is 1. The van der Waals surface area contributed by atoms with Crippen LogP contribution in [0.2, 0.25) is 0 Å². The average Bonchev–Trinajstić information content (AvgIpc) is 3.25. The molecule has 1 aromatic carbocycles. The molecule has 3 unspecified atom stereocenters. The van der Waals surface area contributed by atoms with Gasteiger partial charge < -0.3 is 15.5 Å². The zero-order valence-corrected chi connectivity index (χ0v) is 16.0. The number of carbonyl (C=O) groups is 2. The Morgan fingerprint density at radius 2 is 2.07 bits per heavy atom. The molecule has 2 saturated heterocycles. The molecule has 2 aliphatic rings. The van der Waals surface area contributed by atoms with Crippen molar-refractivity contribution in [1.29, 1.82) is 0 Å². The second kappa shape index (κ2) is 6.61. The molecule has 27 heavy (non-hydrogen) atoms. The highest BCUT2D eigenvalue weighted by molar-refractivity contribution is 8.01. The van der Waals surface area contributed by atoms with Crippen LogP contribution >= 0.6 is 11.8 Å². The number of hydrogen-bond donors (Lipinski definition) is 3. The molecule has 2 aromatic rings. The predicted molar refractivity (Wildman–Crippen MR) is 99.4 cm³/mol. The number of H-pyrrole nitrogens is 1. The van der Waals surface area contributed by atoms with Gasteiger partial charge in [0, 0.05) is 4.75 Å². The Kier molecular flexibility index (Phi) is 4.39. The van der Waals surface area contributed by atoms with E-state index in [9.17, 15) is 9.59 Å². The molecule has 4 rings (SSSR count). The number of carbonyl (C=O) groups excluding carboxylic acids is 2. The standard InChI is InChI=1S/C17H21N7O2S/c1-17(2)12(13-20-22-23-21-13)24-15(26)11(16(24)27-17)19-14(25)10(18-3)9-7-5-4-6-8-9/h4-8,10-12,16,18H,1-3H3,(H,19,25)(H,20,21,22,23)/t10?,11?,12?,16-/m0/s1. The van der Waals surface area contributed by atoms with E-state index in [0.29, 0.717) is 5.82 Å². The molecular formula is C17H21N7O2S. The third kappa shape index (κ3) is 2.88. The molecule has 0 spiro atoms. The number of tetrazole rings is 1. The lowest BCUT2D eigenvalue weighted by Crippen LogP contribution is -2.68. The Morgan fingerprint density at radius 3 is 2.70 bits per heavy atom. The van der Waals surface area contributed by atoms with Gasteiger partial charge in [-0.05, 0) is 36.9 Å². The summed E-state index contributed by atoms with van der Waals surface area (Å²) >= 11 is 1.65. The minimum absolute atomic E-state index is 0.115. The molecular weight excluding hydrogens is 366 g/mol. The van der Waals surface area contributed by atoms with E-state index in [4.69, 9.17) is 0 Å². The maximum absolute atomic E-state index is 12.8. The summed E-state index contributed by atoms with van der Waals surface area (Å²) in [4.78, 5) is 27.4. The van der Waals surface area contributed by atoms with E-state index in [1.807, 2.05) is 30.3 Å². The minimum Gasteiger partial charge on any atom is -0.340 e. The molecule has 3 heterocycles. The first-order chi connectivity index (χ1) is 12.9. The van der Waals surface area contributed by atoms with Crippen LogP contribution in [0.3, 0.4) is 0 Å². The fourth-order valence-electron chi connectivity index (χ4n) is 3.80. The van der Waals surface area contributed by atoms with E-state index in [1.54, 1.807) is 23.7 Å². The van der Waals surface area contributed by atoms with Gasteiger partial charge in [0.2, 0.25) is 11.8 Å². The van der Waals surface area contributed by atoms with Crippen LogP contribution in [-0.2, 0) is 9.59 Å². The van der Waals surface area contributed by atoms with Crippen LogP contribution in [0.25, 0.3) is 0 Å². The summed E-state index contributed by atoms with van der Waals surface area (Å²) in [5, 5.41) is 19.8. The average molecular weight is 387 g/mol. The highest BCUT2D eigenvalue weighted by atomic mass is 32.2. The normalized spacial score (nSPS) is 27.0. The third-order valence-corrected chi connectivity index (χ3v) is 6.61. The van der Waals surface area contributed by atoms with Crippen molar-refractivity contribution in [3.8, 4) is 0 Å². The van der Waals surface area contributed by atoms with Gasteiger partial charge in [-0.25, -0.2) is 5.10 Å². The lowest BCUT2D eigenvalue weighted by molar-refractivity contribution is -0.152. The number of aromatic nitrogens is 4. The molecule has 3 N–H and O–H groups in total. The Balaban J connectivity index is 1.51. The third-order valence-electron chi connectivity index (χ3n) is 5.04. The second-order valence-electron chi connectivity index (χ2n) is 7.17.